The number of hydrogen-bond donors (Lipinski definition) is 2. The third kappa shape index (κ3) is 5.75. The zero-order valence-corrected chi connectivity index (χ0v) is 17.2. The summed E-state index contributed by atoms with van der Waals surface area (Å²) in [6, 6.07) is 6.62. The second kappa shape index (κ2) is 9.60. The van der Waals surface area contributed by atoms with E-state index in [9.17, 15) is 0 Å². The van der Waals surface area contributed by atoms with E-state index < -0.39 is 0 Å². The van der Waals surface area contributed by atoms with Crippen LogP contribution in [-0.2, 0) is 6.42 Å². The van der Waals surface area contributed by atoms with Crippen LogP contribution in [0.3, 0.4) is 0 Å². The van der Waals surface area contributed by atoms with Crippen molar-refractivity contribution in [3.63, 3.8) is 0 Å². The summed E-state index contributed by atoms with van der Waals surface area (Å²) < 4.78 is -0.0721. The minimum Gasteiger partial charge on any atom is -0.317 e. The van der Waals surface area contributed by atoms with Gasteiger partial charge in [0.25, 0.3) is 0 Å². The van der Waals surface area contributed by atoms with Gasteiger partial charge in [0.05, 0.1) is 11.4 Å². The summed E-state index contributed by atoms with van der Waals surface area (Å²) in [6.45, 7) is 4.85. The van der Waals surface area contributed by atoms with Gasteiger partial charge < -0.3 is 11.1 Å². The lowest BCUT2D eigenvalue weighted by Gasteiger charge is -2.44. The number of rotatable bonds is 10. The van der Waals surface area contributed by atoms with Gasteiger partial charge >= 0.3 is 0 Å². The van der Waals surface area contributed by atoms with Crippen LogP contribution in [0.15, 0.2) is 24.8 Å². The molecule has 1 saturated carbocycles. The Bertz CT molecular complexity index is 544. The number of halogens is 2. The van der Waals surface area contributed by atoms with Gasteiger partial charge in [0.15, 0.2) is 0 Å². The lowest BCUT2D eigenvalue weighted by molar-refractivity contribution is 0.175. The summed E-state index contributed by atoms with van der Waals surface area (Å²) in [5.74, 6) is 0.618. The average molecular weight is 457 g/mol. The second-order valence-corrected chi connectivity index (χ2v) is 9.23. The first kappa shape index (κ1) is 20.3. The van der Waals surface area contributed by atoms with Crippen molar-refractivity contribution in [1.82, 2.24) is 5.32 Å². The molecule has 0 spiro atoms. The Morgan fingerprint density at radius 1 is 1.42 bits per heavy atom. The highest BCUT2D eigenvalue weighted by atomic mass is 127. The summed E-state index contributed by atoms with van der Waals surface area (Å²) in [5.41, 5.74) is 8.91. The SMILES string of the molecule is [B]CCCCC(N)(I)C1CC(NCCc2ccc(Cl)cc2C=C)C1. The van der Waals surface area contributed by atoms with Gasteiger partial charge in [-0.2, -0.15) is 0 Å². The van der Waals surface area contributed by atoms with Gasteiger partial charge in [-0.05, 0) is 61.4 Å². The first-order chi connectivity index (χ1) is 11.5. The largest absolute Gasteiger partial charge is 0.317 e. The van der Waals surface area contributed by atoms with Gasteiger partial charge in [0.2, 0.25) is 0 Å². The van der Waals surface area contributed by atoms with Crippen LogP contribution in [0, 0.1) is 5.92 Å². The molecule has 1 unspecified atom stereocenters. The van der Waals surface area contributed by atoms with Gasteiger partial charge in [-0.25, -0.2) is 0 Å². The van der Waals surface area contributed by atoms with Crippen LogP contribution < -0.4 is 11.1 Å². The van der Waals surface area contributed by atoms with Crippen LogP contribution in [0.5, 0.6) is 0 Å². The predicted molar refractivity (Wildman–Crippen MR) is 115 cm³/mol. The highest BCUT2D eigenvalue weighted by Gasteiger charge is 2.40. The van der Waals surface area contributed by atoms with Crippen LogP contribution in [0.4, 0.5) is 0 Å². The maximum absolute atomic E-state index is 6.49. The second-order valence-electron chi connectivity index (χ2n) is 6.79. The van der Waals surface area contributed by atoms with Crippen molar-refractivity contribution in [2.45, 2.75) is 54.4 Å². The van der Waals surface area contributed by atoms with E-state index in [4.69, 9.17) is 25.2 Å². The molecule has 24 heavy (non-hydrogen) atoms. The Morgan fingerprint density at radius 3 is 2.83 bits per heavy atom. The molecule has 1 fully saturated rings. The van der Waals surface area contributed by atoms with Gasteiger partial charge in [-0.15, -0.1) is 0 Å². The van der Waals surface area contributed by atoms with Crippen molar-refractivity contribution in [1.29, 1.82) is 0 Å². The fraction of sp³-hybridized carbons (Fsp3) is 0.579. The number of nitrogens with two attached hydrogens (primary N) is 1. The van der Waals surface area contributed by atoms with E-state index in [1.54, 1.807) is 0 Å². The molecule has 0 saturated heterocycles. The van der Waals surface area contributed by atoms with E-state index in [1.165, 1.54) is 18.4 Å². The lowest BCUT2D eigenvalue weighted by atomic mass is 9.74. The fourth-order valence-corrected chi connectivity index (χ4v) is 4.39. The number of alkyl halides is 1. The first-order valence-electron chi connectivity index (χ1n) is 8.78. The van der Waals surface area contributed by atoms with E-state index in [0.29, 0.717) is 12.0 Å². The Morgan fingerprint density at radius 2 is 2.17 bits per heavy atom. The molecule has 2 radical (unpaired) electrons. The Balaban J connectivity index is 1.70. The number of nitrogens with one attached hydrogen (secondary N) is 1. The van der Waals surface area contributed by atoms with Gasteiger partial charge in [0, 0.05) is 11.1 Å². The zero-order valence-electron chi connectivity index (χ0n) is 14.2. The van der Waals surface area contributed by atoms with E-state index in [0.717, 1.165) is 49.1 Å². The molecule has 1 aliphatic rings. The fourth-order valence-electron chi connectivity index (χ4n) is 3.32. The summed E-state index contributed by atoms with van der Waals surface area (Å²) in [5, 5.41) is 4.42. The number of unbranched alkanes of at least 4 members (excludes halogenated alkanes) is 1. The Labute approximate surface area is 166 Å². The third-order valence-electron chi connectivity index (χ3n) is 4.99. The lowest BCUT2D eigenvalue weighted by Crippen LogP contribution is -2.53. The Kier molecular flexibility index (Phi) is 8.12. The highest BCUT2D eigenvalue weighted by molar-refractivity contribution is 14.1. The standard InChI is InChI=1S/C19H27BClIN2/c1-2-14-11-17(21)6-5-15(14)7-10-24-18-12-16(13-18)19(22,23)8-3-4-9-20/h2,5-6,11,16,18,24H,1,3-4,7-10,12-13,23H2. The monoisotopic (exact) mass is 456 g/mol. The third-order valence-corrected chi connectivity index (χ3v) is 6.64. The summed E-state index contributed by atoms with van der Waals surface area (Å²) in [4.78, 5) is 0. The zero-order chi connectivity index (χ0) is 17.6. The molecule has 1 aromatic carbocycles. The Hall–Kier alpha value is -0.0351. The summed E-state index contributed by atoms with van der Waals surface area (Å²) in [7, 11) is 5.57. The molecule has 0 amide bonds. The molecule has 2 nitrogen and oxygen atoms in total. The topological polar surface area (TPSA) is 38.0 Å². The average Bonchev–Trinajstić information content (AvgIpc) is 2.50. The molecule has 0 bridgehead atoms. The molecule has 5 heteroatoms. The van der Waals surface area contributed by atoms with Crippen molar-refractivity contribution in [2.24, 2.45) is 11.7 Å². The van der Waals surface area contributed by atoms with Crippen LogP contribution in [0.2, 0.25) is 11.3 Å². The molecule has 0 aromatic heterocycles. The number of hydrogen-bond acceptors (Lipinski definition) is 2. The van der Waals surface area contributed by atoms with Crippen LogP contribution >= 0.6 is 34.2 Å². The minimum absolute atomic E-state index is 0.0721. The molecule has 3 N–H and O–H groups in total. The van der Waals surface area contributed by atoms with Crippen molar-refractivity contribution >= 4 is 48.1 Å². The van der Waals surface area contributed by atoms with Gasteiger partial charge in [-0.1, -0.05) is 72.1 Å². The van der Waals surface area contributed by atoms with E-state index in [2.05, 4.69) is 40.6 Å². The normalized spacial score (nSPS) is 22.6. The van der Waals surface area contributed by atoms with Crippen LogP contribution in [-0.4, -0.2) is 24.0 Å². The highest BCUT2D eigenvalue weighted by Crippen LogP contribution is 2.41. The first-order valence-corrected chi connectivity index (χ1v) is 10.2. The molecular formula is C19H27BClIN2. The summed E-state index contributed by atoms with van der Waals surface area (Å²) >= 11 is 8.48. The van der Waals surface area contributed by atoms with E-state index in [1.807, 2.05) is 18.2 Å². The minimum atomic E-state index is -0.0721. The van der Waals surface area contributed by atoms with Crippen molar-refractivity contribution < 1.29 is 0 Å². The molecule has 0 aliphatic heterocycles. The van der Waals surface area contributed by atoms with E-state index >= 15 is 0 Å². The van der Waals surface area contributed by atoms with Crippen LogP contribution in [0.1, 0.15) is 43.2 Å². The molecule has 130 valence electrons. The number of benzene rings is 1. The van der Waals surface area contributed by atoms with Crippen LogP contribution in [0.25, 0.3) is 6.08 Å². The predicted octanol–water partition coefficient (Wildman–Crippen LogP) is 4.74. The van der Waals surface area contributed by atoms with Crippen molar-refractivity contribution in [3.05, 3.63) is 40.9 Å². The summed E-state index contributed by atoms with van der Waals surface area (Å²) in [6.07, 6.45) is 9.26. The molecular weight excluding hydrogens is 429 g/mol. The molecule has 1 aliphatic carbocycles. The molecule has 2 rings (SSSR count). The maximum atomic E-state index is 6.49. The van der Waals surface area contributed by atoms with Crippen molar-refractivity contribution in [2.75, 3.05) is 6.54 Å². The molecule has 1 aromatic rings. The molecule has 1 atom stereocenters. The van der Waals surface area contributed by atoms with Gasteiger partial charge in [0.1, 0.15) is 0 Å². The van der Waals surface area contributed by atoms with Gasteiger partial charge in [-0.3, -0.25) is 0 Å². The maximum Gasteiger partial charge on any atom is 0.0710 e. The smallest absolute Gasteiger partial charge is 0.0710 e. The molecule has 0 heterocycles. The van der Waals surface area contributed by atoms with Crippen molar-refractivity contribution in [3.8, 4) is 0 Å². The quantitative estimate of drug-likeness (QED) is 0.175. The van der Waals surface area contributed by atoms with E-state index in [-0.39, 0.29) is 3.55 Å².